The Hall–Kier alpha value is -2.28. The number of likely N-dealkylation sites (tertiary alicyclic amines) is 1. The van der Waals surface area contributed by atoms with E-state index < -0.39 is 24.0 Å². The molecule has 2 unspecified atom stereocenters. The quantitative estimate of drug-likeness (QED) is 0.833. The first kappa shape index (κ1) is 15.1. The topological polar surface area (TPSA) is 96.3 Å². The second kappa shape index (κ2) is 6.01. The zero-order chi connectivity index (χ0) is 15.6. The summed E-state index contributed by atoms with van der Waals surface area (Å²) in [5.41, 5.74) is 0.256. The number of hydrogen-bond acceptors (Lipinski definition) is 5. The normalized spacial score (nSPS) is 21.2. The molecule has 1 aliphatic rings. The van der Waals surface area contributed by atoms with Gasteiger partial charge in [0.05, 0.1) is 20.3 Å². The Morgan fingerprint density at radius 3 is 2.24 bits per heavy atom. The molecular weight excluding hydrogens is 278 g/mol. The Kier molecular flexibility index (Phi) is 4.32. The summed E-state index contributed by atoms with van der Waals surface area (Å²) in [6, 6.07) is 3.61. The second-order valence-electron chi connectivity index (χ2n) is 4.80. The van der Waals surface area contributed by atoms with Crippen molar-refractivity contribution < 1.29 is 29.3 Å². The van der Waals surface area contributed by atoms with Crippen LogP contribution in [0.2, 0.25) is 0 Å². The lowest BCUT2D eigenvalue weighted by molar-refractivity contribution is -0.141. The van der Waals surface area contributed by atoms with Gasteiger partial charge in [0, 0.05) is 24.6 Å². The number of carbonyl (C=O) groups excluding carboxylic acids is 1. The van der Waals surface area contributed by atoms with Crippen LogP contribution in [0.25, 0.3) is 0 Å². The summed E-state index contributed by atoms with van der Waals surface area (Å²) in [5.74, 6) is -0.737. The van der Waals surface area contributed by atoms with E-state index in [4.69, 9.17) is 14.6 Å². The van der Waals surface area contributed by atoms with Crippen LogP contribution in [0.3, 0.4) is 0 Å². The van der Waals surface area contributed by atoms with Crippen molar-refractivity contribution in [2.24, 2.45) is 0 Å². The molecule has 114 valence electrons. The van der Waals surface area contributed by atoms with Gasteiger partial charge in [-0.1, -0.05) is 0 Å². The van der Waals surface area contributed by atoms with Crippen molar-refractivity contribution >= 4 is 11.9 Å². The molecule has 7 heteroatoms. The van der Waals surface area contributed by atoms with Crippen LogP contribution in [0.5, 0.6) is 11.5 Å². The van der Waals surface area contributed by atoms with Gasteiger partial charge in [0.2, 0.25) is 0 Å². The first-order valence-corrected chi connectivity index (χ1v) is 6.41. The zero-order valence-corrected chi connectivity index (χ0v) is 11.8. The molecule has 2 rings (SSSR count). The molecule has 0 bridgehead atoms. The fraction of sp³-hybridized carbons (Fsp3) is 0.429. The maximum absolute atomic E-state index is 12.5. The van der Waals surface area contributed by atoms with Crippen molar-refractivity contribution in [1.82, 2.24) is 4.90 Å². The minimum absolute atomic E-state index is 0.00464. The van der Waals surface area contributed by atoms with Crippen LogP contribution in [-0.4, -0.2) is 59.9 Å². The summed E-state index contributed by atoms with van der Waals surface area (Å²) in [4.78, 5) is 24.8. The number of ether oxygens (including phenoxy) is 2. The van der Waals surface area contributed by atoms with E-state index in [1.807, 2.05) is 0 Å². The maximum atomic E-state index is 12.5. The van der Waals surface area contributed by atoms with Gasteiger partial charge in [-0.3, -0.25) is 4.79 Å². The molecule has 0 spiro atoms. The molecule has 0 saturated carbocycles. The van der Waals surface area contributed by atoms with E-state index in [9.17, 15) is 14.7 Å². The van der Waals surface area contributed by atoms with E-state index in [1.165, 1.54) is 26.4 Å². The number of aliphatic carboxylic acids is 1. The first-order valence-electron chi connectivity index (χ1n) is 6.41. The molecule has 1 amide bonds. The maximum Gasteiger partial charge on any atom is 0.326 e. The number of amides is 1. The Morgan fingerprint density at radius 1 is 1.19 bits per heavy atom. The minimum atomic E-state index is -1.13. The van der Waals surface area contributed by atoms with Crippen LogP contribution in [-0.2, 0) is 4.79 Å². The summed E-state index contributed by atoms with van der Waals surface area (Å²) in [7, 11) is 2.92. The second-order valence-corrected chi connectivity index (χ2v) is 4.80. The van der Waals surface area contributed by atoms with Crippen LogP contribution in [0, 0.1) is 0 Å². The number of aliphatic hydroxyl groups is 1. The van der Waals surface area contributed by atoms with Gasteiger partial charge in [-0.15, -0.1) is 0 Å². The smallest absolute Gasteiger partial charge is 0.326 e. The third-order valence-electron chi connectivity index (χ3n) is 3.42. The predicted octanol–water partition coefficient (Wildman–Crippen LogP) is 0.364. The number of benzene rings is 1. The van der Waals surface area contributed by atoms with Crippen molar-refractivity contribution in [3.8, 4) is 11.5 Å². The van der Waals surface area contributed by atoms with E-state index in [0.29, 0.717) is 11.5 Å². The summed E-state index contributed by atoms with van der Waals surface area (Å²) >= 11 is 0. The molecule has 1 heterocycles. The van der Waals surface area contributed by atoms with Gasteiger partial charge < -0.3 is 24.6 Å². The zero-order valence-electron chi connectivity index (χ0n) is 11.8. The monoisotopic (exact) mass is 295 g/mol. The van der Waals surface area contributed by atoms with Crippen molar-refractivity contribution in [3.05, 3.63) is 23.8 Å². The Bertz CT molecular complexity index is 536. The van der Waals surface area contributed by atoms with Crippen molar-refractivity contribution in [2.45, 2.75) is 18.6 Å². The molecule has 1 saturated heterocycles. The molecule has 0 aliphatic carbocycles. The first-order chi connectivity index (χ1) is 9.96. The summed E-state index contributed by atoms with van der Waals surface area (Å²) < 4.78 is 10.2. The van der Waals surface area contributed by atoms with Crippen molar-refractivity contribution in [2.75, 3.05) is 20.8 Å². The Labute approximate surface area is 121 Å². The highest BCUT2D eigenvalue weighted by atomic mass is 16.5. The highest BCUT2D eigenvalue weighted by Crippen LogP contribution is 2.26. The molecule has 21 heavy (non-hydrogen) atoms. The van der Waals surface area contributed by atoms with Gasteiger partial charge in [-0.05, 0) is 12.1 Å². The number of β-amino-alcohol motifs (C(OH)–C–C–N with tert-alkyl or cyclic N) is 1. The van der Waals surface area contributed by atoms with Crippen LogP contribution in [0.4, 0.5) is 0 Å². The highest BCUT2D eigenvalue weighted by Gasteiger charge is 2.39. The van der Waals surface area contributed by atoms with E-state index in [2.05, 4.69) is 0 Å². The molecule has 1 fully saturated rings. The predicted molar refractivity (Wildman–Crippen MR) is 72.6 cm³/mol. The minimum Gasteiger partial charge on any atom is -0.497 e. The number of methoxy groups -OCH3 is 2. The van der Waals surface area contributed by atoms with Gasteiger partial charge in [-0.25, -0.2) is 4.79 Å². The van der Waals surface area contributed by atoms with Gasteiger partial charge in [0.15, 0.2) is 0 Å². The number of carboxylic acids is 1. The van der Waals surface area contributed by atoms with Crippen LogP contribution in [0.15, 0.2) is 18.2 Å². The highest BCUT2D eigenvalue weighted by molar-refractivity contribution is 5.97. The average Bonchev–Trinajstić information content (AvgIpc) is 2.88. The van der Waals surface area contributed by atoms with Crippen LogP contribution < -0.4 is 9.47 Å². The Morgan fingerprint density at radius 2 is 1.76 bits per heavy atom. The van der Waals surface area contributed by atoms with E-state index >= 15 is 0 Å². The van der Waals surface area contributed by atoms with Crippen molar-refractivity contribution in [1.29, 1.82) is 0 Å². The Balaban J connectivity index is 2.32. The molecule has 1 aromatic rings. The lowest BCUT2D eigenvalue weighted by Gasteiger charge is -2.21. The number of hydrogen-bond donors (Lipinski definition) is 2. The number of rotatable bonds is 4. The fourth-order valence-electron chi connectivity index (χ4n) is 2.37. The number of aliphatic hydroxyl groups excluding tert-OH is 1. The largest absolute Gasteiger partial charge is 0.497 e. The van der Waals surface area contributed by atoms with Gasteiger partial charge in [0.25, 0.3) is 5.91 Å². The molecule has 2 atom stereocenters. The number of nitrogens with zero attached hydrogens (tertiary/aromatic N) is 1. The molecule has 7 nitrogen and oxygen atoms in total. The number of carboxylic acid groups (broad SMARTS) is 1. The molecule has 1 aromatic carbocycles. The summed E-state index contributed by atoms with van der Waals surface area (Å²) in [5, 5.41) is 18.8. The van der Waals surface area contributed by atoms with Crippen LogP contribution >= 0.6 is 0 Å². The molecular formula is C14H17NO6. The van der Waals surface area contributed by atoms with Gasteiger partial charge >= 0.3 is 5.97 Å². The van der Waals surface area contributed by atoms with E-state index in [1.54, 1.807) is 6.07 Å². The van der Waals surface area contributed by atoms with Gasteiger partial charge in [-0.2, -0.15) is 0 Å². The summed E-state index contributed by atoms with van der Waals surface area (Å²) in [6.07, 6.45) is -0.801. The van der Waals surface area contributed by atoms with E-state index in [-0.39, 0.29) is 18.5 Å². The molecule has 0 radical (unpaired) electrons. The molecule has 2 N–H and O–H groups in total. The van der Waals surface area contributed by atoms with Crippen molar-refractivity contribution in [3.63, 3.8) is 0 Å². The lowest BCUT2D eigenvalue weighted by Crippen LogP contribution is -2.40. The standard InChI is InChI=1S/C14H17NO6/c1-20-10-3-8(4-11(6-10)21-2)13(17)15-7-9(16)5-12(15)14(18)19/h3-4,6,9,12,16H,5,7H2,1-2H3,(H,18,19). The SMILES string of the molecule is COc1cc(OC)cc(C(=O)N2CC(O)CC2C(=O)O)c1. The summed E-state index contributed by atoms with van der Waals surface area (Å²) in [6.45, 7) is -0.00464. The lowest BCUT2D eigenvalue weighted by atomic mass is 10.1. The van der Waals surface area contributed by atoms with E-state index in [0.717, 1.165) is 4.90 Å². The molecule has 0 aromatic heterocycles. The average molecular weight is 295 g/mol. The number of carbonyl (C=O) groups is 2. The van der Waals surface area contributed by atoms with Gasteiger partial charge in [0.1, 0.15) is 17.5 Å². The molecule has 1 aliphatic heterocycles. The fourth-order valence-corrected chi connectivity index (χ4v) is 2.37. The third-order valence-corrected chi connectivity index (χ3v) is 3.42. The van der Waals surface area contributed by atoms with Crippen LogP contribution in [0.1, 0.15) is 16.8 Å². The third kappa shape index (κ3) is 3.08.